The van der Waals surface area contributed by atoms with Gasteiger partial charge in [-0.05, 0) is 43.1 Å². The van der Waals surface area contributed by atoms with E-state index in [0.29, 0.717) is 18.0 Å². The second-order valence-electron chi connectivity index (χ2n) is 6.82. The van der Waals surface area contributed by atoms with E-state index in [0.717, 1.165) is 35.5 Å². The lowest BCUT2D eigenvalue weighted by molar-refractivity contribution is -0.122. The predicted octanol–water partition coefficient (Wildman–Crippen LogP) is 2.09. The van der Waals surface area contributed by atoms with Crippen LogP contribution in [0.1, 0.15) is 39.9 Å². The number of anilines is 1. The van der Waals surface area contributed by atoms with Crippen molar-refractivity contribution in [1.29, 1.82) is 0 Å². The third-order valence-electron chi connectivity index (χ3n) is 4.73. The molecule has 1 aliphatic rings. The Labute approximate surface area is 167 Å². The van der Waals surface area contributed by atoms with E-state index < -0.39 is 0 Å². The molecule has 0 bridgehead atoms. The monoisotopic (exact) mass is 400 g/mol. The molecule has 1 aromatic heterocycles. The third-order valence-corrected chi connectivity index (χ3v) is 5.81. The van der Waals surface area contributed by atoms with Crippen LogP contribution in [0.5, 0.6) is 0 Å². The zero-order chi connectivity index (χ0) is 20.1. The number of nitrogens with zero attached hydrogens (tertiary/aromatic N) is 1. The first-order valence-electron chi connectivity index (χ1n) is 9.20. The second-order valence-corrected chi connectivity index (χ2v) is 7.99. The number of hydrogen-bond acceptors (Lipinski definition) is 5. The van der Waals surface area contributed by atoms with Crippen LogP contribution in [0.4, 0.5) is 5.69 Å². The van der Waals surface area contributed by atoms with Crippen LogP contribution >= 0.6 is 11.3 Å². The molecule has 4 N–H and O–H groups in total. The number of nitrogens with one attached hydrogen (secondary N) is 2. The lowest BCUT2D eigenvalue weighted by atomic mass is 10.1. The molecule has 7 nitrogen and oxygen atoms in total. The van der Waals surface area contributed by atoms with Crippen LogP contribution in [0.2, 0.25) is 0 Å². The number of benzene rings is 1. The first-order valence-corrected chi connectivity index (χ1v) is 10.0. The molecule has 1 unspecified atom stereocenters. The molecule has 1 fully saturated rings. The summed E-state index contributed by atoms with van der Waals surface area (Å²) in [6, 6.07) is 10.9. The van der Waals surface area contributed by atoms with Gasteiger partial charge in [0.1, 0.15) is 0 Å². The number of primary amides is 1. The molecular formula is C20H24N4O3S. The van der Waals surface area contributed by atoms with Crippen LogP contribution in [0.15, 0.2) is 36.4 Å². The Kier molecular flexibility index (Phi) is 6.43. The Morgan fingerprint density at radius 1 is 1.21 bits per heavy atom. The summed E-state index contributed by atoms with van der Waals surface area (Å²) in [6.07, 6.45) is 1.71. The highest BCUT2D eigenvalue weighted by atomic mass is 32.1. The fourth-order valence-corrected chi connectivity index (χ4v) is 4.17. The molecule has 3 amide bonds. The minimum Gasteiger partial charge on any atom is -0.368 e. The number of nitrogens with two attached hydrogens (primary N) is 1. The van der Waals surface area contributed by atoms with Gasteiger partial charge in [-0.2, -0.15) is 0 Å². The smallest absolute Gasteiger partial charge is 0.265 e. The Morgan fingerprint density at radius 3 is 2.75 bits per heavy atom. The number of carbonyl (C=O) groups is 3. The average Bonchev–Trinajstić information content (AvgIpc) is 3.31. The van der Waals surface area contributed by atoms with Gasteiger partial charge in [0.25, 0.3) is 5.91 Å². The molecule has 8 heteroatoms. The molecular weight excluding hydrogens is 376 g/mol. The van der Waals surface area contributed by atoms with Crippen LogP contribution in [-0.4, -0.2) is 35.2 Å². The Balaban J connectivity index is 1.68. The van der Waals surface area contributed by atoms with Gasteiger partial charge in [0, 0.05) is 24.0 Å². The summed E-state index contributed by atoms with van der Waals surface area (Å²) < 4.78 is 0. The normalized spacial score (nSPS) is 16.7. The van der Waals surface area contributed by atoms with Crippen molar-refractivity contribution in [2.75, 3.05) is 11.9 Å². The van der Waals surface area contributed by atoms with Crippen molar-refractivity contribution < 1.29 is 14.4 Å². The maximum Gasteiger partial charge on any atom is 0.265 e. The van der Waals surface area contributed by atoms with Crippen LogP contribution in [0.3, 0.4) is 0 Å². The Morgan fingerprint density at radius 2 is 2.00 bits per heavy atom. The third kappa shape index (κ3) is 4.96. The molecule has 2 heterocycles. The molecule has 0 aliphatic carbocycles. The van der Waals surface area contributed by atoms with Crippen molar-refractivity contribution in [3.63, 3.8) is 0 Å². The molecule has 28 heavy (non-hydrogen) atoms. The van der Waals surface area contributed by atoms with Gasteiger partial charge in [-0.15, -0.1) is 11.3 Å². The minimum absolute atomic E-state index is 0.107. The molecule has 1 atom stereocenters. The second kappa shape index (κ2) is 8.99. The standard InChI is InChI=1S/C20H24N4O3S/c1-13(25)22-11-15-8-9-18(28-15)20(27)23-16-6-3-2-5-14(16)12-24-10-4-7-17(24)19(21)26/h2-3,5-6,8-9,17H,4,7,10-12H2,1H3,(H2,21,26)(H,22,25)(H,23,27). The van der Waals surface area contributed by atoms with Gasteiger partial charge in [-0.25, -0.2) is 0 Å². The summed E-state index contributed by atoms with van der Waals surface area (Å²) >= 11 is 1.35. The van der Waals surface area contributed by atoms with Gasteiger partial charge in [0.15, 0.2) is 0 Å². The molecule has 148 valence electrons. The highest BCUT2D eigenvalue weighted by Crippen LogP contribution is 2.25. The van der Waals surface area contributed by atoms with Crippen molar-refractivity contribution >= 4 is 34.7 Å². The summed E-state index contributed by atoms with van der Waals surface area (Å²) in [5.41, 5.74) is 7.17. The van der Waals surface area contributed by atoms with Crippen LogP contribution in [0.25, 0.3) is 0 Å². The zero-order valence-corrected chi connectivity index (χ0v) is 16.6. The molecule has 3 rings (SSSR count). The van der Waals surface area contributed by atoms with E-state index >= 15 is 0 Å². The van der Waals surface area contributed by atoms with Crippen molar-refractivity contribution in [2.45, 2.75) is 38.9 Å². The first kappa shape index (κ1) is 20.0. The average molecular weight is 401 g/mol. The number of thiophene rings is 1. The maximum atomic E-state index is 12.7. The molecule has 0 spiro atoms. The molecule has 2 aromatic rings. The first-order chi connectivity index (χ1) is 13.4. The van der Waals surface area contributed by atoms with E-state index in [1.54, 1.807) is 6.07 Å². The largest absolute Gasteiger partial charge is 0.368 e. The van der Waals surface area contributed by atoms with Crippen molar-refractivity contribution in [1.82, 2.24) is 10.2 Å². The molecule has 1 aliphatic heterocycles. The molecule has 0 saturated carbocycles. The van der Waals surface area contributed by atoms with Crippen LogP contribution in [0, 0.1) is 0 Å². The van der Waals surface area contributed by atoms with Gasteiger partial charge in [0.05, 0.1) is 17.5 Å². The number of likely N-dealkylation sites (tertiary alicyclic amines) is 1. The predicted molar refractivity (Wildman–Crippen MR) is 109 cm³/mol. The minimum atomic E-state index is -0.302. The van der Waals surface area contributed by atoms with Gasteiger partial charge in [0.2, 0.25) is 11.8 Å². The van der Waals surface area contributed by atoms with E-state index in [2.05, 4.69) is 15.5 Å². The zero-order valence-electron chi connectivity index (χ0n) is 15.7. The van der Waals surface area contributed by atoms with Gasteiger partial charge < -0.3 is 16.4 Å². The summed E-state index contributed by atoms with van der Waals surface area (Å²) in [4.78, 5) is 38.9. The molecule has 0 radical (unpaired) electrons. The Hall–Kier alpha value is -2.71. The van der Waals surface area contributed by atoms with E-state index in [-0.39, 0.29) is 23.8 Å². The lowest BCUT2D eigenvalue weighted by Gasteiger charge is -2.23. The number of amides is 3. The summed E-state index contributed by atoms with van der Waals surface area (Å²) in [7, 11) is 0. The van der Waals surface area contributed by atoms with Crippen LogP contribution in [-0.2, 0) is 22.7 Å². The van der Waals surface area contributed by atoms with Crippen molar-refractivity contribution in [3.05, 3.63) is 51.7 Å². The molecule has 1 saturated heterocycles. The van der Waals surface area contributed by atoms with Crippen molar-refractivity contribution in [2.24, 2.45) is 5.73 Å². The van der Waals surface area contributed by atoms with Gasteiger partial charge in [-0.1, -0.05) is 18.2 Å². The number of rotatable bonds is 7. The fraction of sp³-hybridized carbons (Fsp3) is 0.350. The number of hydrogen-bond donors (Lipinski definition) is 3. The van der Waals surface area contributed by atoms with E-state index in [1.807, 2.05) is 30.3 Å². The van der Waals surface area contributed by atoms with Gasteiger partial charge >= 0.3 is 0 Å². The lowest BCUT2D eigenvalue weighted by Crippen LogP contribution is -2.39. The highest BCUT2D eigenvalue weighted by Gasteiger charge is 2.29. The topological polar surface area (TPSA) is 105 Å². The van der Waals surface area contributed by atoms with Crippen LogP contribution < -0.4 is 16.4 Å². The number of carbonyl (C=O) groups excluding carboxylic acids is 3. The summed E-state index contributed by atoms with van der Waals surface area (Å²) in [5.74, 6) is -0.604. The summed E-state index contributed by atoms with van der Waals surface area (Å²) in [6.45, 7) is 3.24. The van der Waals surface area contributed by atoms with Gasteiger partial charge in [-0.3, -0.25) is 19.3 Å². The SMILES string of the molecule is CC(=O)NCc1ccc(C(=O)Nc2ccccc2CN2CCCC2C(N)=O)s1. The maximum absolute atomic E-state index is 12.7. The fourth-order valence-electron chi connectivity index (χ4n) is 3.33. The highest BCUT2D eigenvalue weighted by molar-refractivity contribution is 7.14. The van der Waals surface area contributed by atoms with E-state index in [4.69, 9.17) is 5.73 Å². The summed E-state index contributed by atoms with van der Waals surface area (Å²) in [5, 5.41) is 5.69. The van der Waals surface area contributed by atoms with E-state index in [1.165, 1.54) is 18.3 Å². The molecule has 1 aromatic carbocycles. The number of para-hydroxylation sites is 1. The van der Waals surface area contributed by atoms with E-state index in [9.17, 15) is 14.4 Å². The quantitative estimate of drug-likeness (QED) is 0.662. The Bertz CT molecular complexity index is 880. The van der Waals surface area contributed by atoms with Crippen molar-refractivity contribution in [3.8, 4) is 0 Å².